The van der Waals surface area contributed by atoms with E-state index in [1.807, 2.05) is 31.2 Å². The van der Waals surface area contributed by atoms with Crippen molar-refractivity contribution < 1.29 is 24.2 Å². The van der Waals surface area contributed by atoms with Gasteiger partial charge in [-0.05, 0) is 41.8 Å². The van der Waals surface area contributed by atoms with Crippen molar-refractivity contribution in [2.45, 2.75) is 44.4 Å². The summed E-state index contributed by atoms with van der Waals surface area (Å²) >= 11 is 12.2. The molecule has 3 atom stereocenters. The number of hydrogen-bond donors (Lipinski definition) is 2. The van der Waals surface area contributed by atoms with Crippen molar-refractivity contribution in [2.75, 3.05) is 13.2 Å². The van der Waals surface area contributed by atoms with Gasteiger partial charge in [0.2, 0.25) is 11.8 Å². The summed E-state index contributed by atoms with van der Waals surface area (Å²) < 4.78 is 5.99. The van der Waals surface area contributed by atoms with Gasteiger partial charge in [0.05, 0.1) is 12.5 Å². The van der Waals surface area contributed by atoms with Crippen molar-refractivity contribution in [3.8, 4) is 0 Å². The van der Waals surface area contributed by atoms with Gasteiger partial charge in [-0.3, -0.25) is 14.4 Å². The smallest absolute Gasteiger partial charge is 0.305 e. The third-order valence-corrected chi connectivity index (χ3v) is 6.01. The molecule has 2 aromatic rings. The Bertz CT molecular complexity index is 981. The second kappa shape index (κ2) is 11.5. The molecule has 1 aliphatic heterocycles. The minimum absolute atomic E-state index is 0.0147. The number of morpholine rings is 1. The van der Waals surface area contributed by atoms with Gasteiger partial charge >= 0.3 is 5.97 Å². The fraction of sp³-hybridized carbons (Fsp3) is 0.375. The number of rotatable bonds is 9. The Kier molecular flexibility index (Phi) is 8.72. The summed E-state index contributed by atoms with van der Waals surface area (Å²) in [7, 11) is 0. The summed E-state index contributed by atoms with van der Waals surface area (Å²) in [5.74, 6) is -1.71. The van der Waals surface area contributed by atoms with E-state index in [0.29, 0.717) is 22.9 Å². The van der Waals surface area contributed by atoms with Crippen LogP contribution in [0.1, 0.15) is 49.5 Å². The molecular formula is C24H26Cl2N2O5. The number of carboxylic acids is 1. The highest BCUT2D eigenvalue weighted by molar-refractivity contribution is 6.30. The van der Waals surface area contributed by atoms with Crippen molar-refractivity contribution in [2.24, 2.45) is 0 Å². The number of nitrogens with one attached hydrogen (secondary N) is 1. The van der Waals surface area contributed by atoms with Gasteiger partial charge < -0.3 is 20.1 Å². The Hall–Kier alpha value is -2.61. The molecular weight excluding hydrogens is 467 g/mol. The molecule has 7 nitrogen and oxygen atoms in total. The predicted molar refractivity (Wildman–Crippen MR) is 125 cm³/mol. The van der Waals surface area contributed by atoms with Crippen molar-refractivity contribution in [1.82, 2.24) is 10.2 Å². The molecule has 1 fully saturated rings. The molecule has 33 heavy (non-hydrogen) atoms. The molecule has 0 bridgehead atoms. The second-order valence-corrected chi connectivity index (χ2v) is 8.69. The number of aliphatic carboxylic acids is 1. The molecule has 0 aliphatic carbocycles. The van der Waals surface area contributed by atoms with Gasteiger partial charge in [0.1, 0.15) is 18.8 Å². The van der Waals surface area contributed by atoms with Crippen LogP contribution in [-0.4, -0.2) is 47.0 Å². The van der Waals surface area contributed by atoms with Crippen molar-refractivity contribution in [3.63, 3.8) is 0 Å². The maximum absolute atomic E-state index is 13.2. The van der Waals surface area contributed by atoms with E-state index in [9.17, 15) is 14.4 Å². The predicted octanol–water partition coefficient (Wildman–Crippen LogP) is 4.39. The SMILES string of the molecule is CCC[C@H](C(=O)NCCC(=O)O)N1C(=O)CO[C@H](c2ccc(Cl)cc2)[C@@H]1c1ccc(Cl)cc1. The Balaban J connectivity index is 2.02. The van der Waals surface area contributed by atoms with Gasteiger partial charge in [0.25, 0.3) is 0 Å². The molecule has 2 amide bonds. The van der Waals surface area contributed by atoms with Gasteiger partial charge in [0, 0.05) is 16.6 Å². The molecule has 1 aliphatic rings. The van der Waals surface area contributed by atoms with Gasteiger partial charge in [0.15, 0.2) is 0 Å². The normalized spacial score (nSPS) is 19.2. The van der Waals surface area contributed by atoms with Crippen LogP contribution in [-0.2, 0) is 19.1 Å². The number of hydrogen-bond acceptors (Lipinski definition) is 4. The van der Waals surface area contributed by atoms with E-state index < -0.39 is 24.2 Å². The van der Waals surface area contributed by atoms with Gasteiger partial charge in [-0.2, -0.15) is 0 Å². The minimum Gasteiger partial charge on any atom is -0.481 e. The van der Waals surface area contributed by atoms with Crippen molar-refractivity contribution >= 4 is 41.0 Å². The number of carbonyl (C=O) groups is 3. The number of ether oxygens (including phenoxy) is 1. The standard InChI is InChI=1S/C24H26Cl2N2O5/c1-2-3-19(24(32)27-13-12-21(30)31)28-20(29)14-33-23(16-6-10-18(26)11-7-16)22(28)15-4-8-17(25)9-5-15/h4-11,19,22-23H,2-3,12-14H2,1H3,(H,27,32)(H,30,31)/t19-,22+,23-/m1/s1. The van der Waals surface area contributed by atoms with Gasteiger partial charge in [-0.1, -0.05) is 60.8 Å². The lowest BCUT2D eigenvalue weighted by Gasteiger charge is -2.45. The molecule has 9 heteroatoms. The molecule has 0 aromatic heterocycles. The van der Waals surface area contributed by atoms with E-state index in [1.54, 1.807) is 29.2 Å². The molecule has 0 saturated carbocycles. The zero-order chi connectivity index (χ0) is 24.0. The first-order valence-electron chi connectivity index (χ1n) is 10.7. The Morgan fingerprint density at radius 2 is 1.67 bits per heavy atom. The van der Waals surface area contributed by atoms with Crippen molar-refractivity contribution in [1.29, 1.82) is 0 Å². The first-order valence-corrected chi connectivity index (χ1v) is 11.5. The highest BCUT2D eigenvalue weighted by Crippen LogP contribution is 2.42. The maximum Gasteiger partial charge on any atom is 0.305 e. The molecule has 0 unspecified atom stereocenters. The summed E-state index contributed by atoms with van der Waals surface area (Å²) in [6.07, 6.45) is 0.338. The minimum atomic E-state index is -1.01. The van der Waals surface area contributed by atoms with Gasteiger partial charge in [-0.15, -0.1) is 0 Å². The highest BCUT2D eigenvalue weighted by Gasteiger charge is 2.44. The number of halogens is 2. The van der Waals surface area contributed by atoms with E-state index in [1.165, 1.54) is 0 Å². The Morgan fingerprint density at radius 1 is 1.09 bits per heavy atom. The first kappa shape index (κ1) is 25.0. The molecule has 1 saturated heterocycles. The van der Waals surface area contributed by atoms with Crippen LogP contribution in [0.5, 0.6) is 0 Å². The zero-order valence-corrected chi connectivity index (χ0v) is 19.7. The number of benzene rings is 2. The van der Waals surface area contributed by atoms with Crippen LogP contribution in [0, 0.1) is 0 Å². The lowest BCUT2D eigenvalue weighted by atomic mass is 9.90. The molecule has 0 radical (unpaired) electrons. The van der Waals surface area contributed by atoms with E-state index in [-0.39, 0.29) is 31.4 Å². The number of amides is 2. The third-order valence-electron chi connectivity index (χ3n) is 5.51. The van der Waals surface area contributed by atoms with Crippen LogP contribution in [0.15, 0.2) is 48.5 Å². The van der Waals surface area contributed by atoms with Crippen LogP contribution in [0.25, 0.3) is 0 Å². The maximum atomic E-state index is 13.2. The fourth-order valence-electron chi connectivity index (χ4n) is 4.00. The Labute approximate surface area is 202 Å². The quantitative estimate of drug-likeness (QED) is 0.540. The van der Waals surface area contributed by atoms with E-state index in [4.69, 9.17) is 33.0 Å². The number of carbonyl (C=O) groups excluding carboxylic acids is 2. The molecule has 0 spiro atoms. The lowest BCUT2D eigenvalue weighted by molar-refractivity contribution is -0.167. The van der Waals surface area contributed by atoms with Crippen LogP contribution in [0.2, 0.25) is 10.0 Å². The monoisotopic (exact) mass is 492 g/mol. The molecule has 2 N–H and O–H groups in total. The molecule has 2 aromatic carbocycles. The van der Waals surface area contributed by atoms with Crippen molar-refractivity contribution in [3.05, 3.63) is 69.7 Å². The lowest BCUT2D eigenvalue weighted by Crippen LogP contribution is -2.56. The summed E-state index contributed by atoms with van der Waals surface area (Å²) in [5.41, 5.74) is 1.59. The third kappa shape index (κ3) is 6.25. The summed E-state index contributed by atoms with van der Waals surface area (Å²) in [6.45, 7) is 1.73. The second-order valence-electron chi connectivity index (χ2n) is 7.82. The van der Waals surface area contributed by atoms with E-state index in [2.05, 4.69) is 5.32 Å². The molecule has 1 heterocycles. The van der Waals surface area contributed by atoms with Crippen LogP contribution < -0.4 is 5.32 Å². The van der Waals surface area contributed by atoms with Crippen LogP contribution in [0.3, 0.4) is 0 Å². The number of nitrogens with zero attached hydrogens (tertiary/aromatic N) is 1. The topological polar surface area (TPSA) is 95.9 Å². The summed E-state index contributed by atoms with van der Waals surface area (Å²) in [5, 5.41) is 12.7. The molecule has 176 valence electrons. The first-order chi connectivity index (χ1) is 15.8. The number of carboxylic acid groups (broad SMARTS) is 1. The van der Waals surface area contributed by atoms with E-state index in [0.717, 1.165) is 11.1 Å². The summed E-state index contributed by atoms with van der Waals surface area (Å²) in [4.78, 5) is 38.7. The largest absolute Gasteiger partial charge is 0.481 e. The fourth-order valence-corrected chi connectivity index (χ4v) is 4.25. The highest BCUT2D eigenvalue weighted by atomic mass is 35.5. The molecule has 3 rings (SSSR count). The van der Waals surface area contributed by atoms with Crippen LogP contribution in [0.4, 0.5) is 0 Å². The average molecular weight is 493 g/mol. The summed E-state index contributed by atoms with van der Waals surface area (Å²) in [6, 6.07) is 12.9. The van der Waals surface area contributed by atoms with Gasteiger partial charge in [-0.25, -0.2) is 0 Å². The Morgan fingerprint density at radius 3 is 2.21 bits per heavy atom. The average Bonchev–Trinajstić information content (AvgIpc) is 2.78. The van der Waals surface area contributed by atoms with E-state index >= 15 is 0 Å². The zero-order valence-electron chi connectivity index (χ0n) is 18.2. The van der Waals surface area contributed by atoms with Crippen LogP contribution >= 0.6 is 23.2 Å².